The molecular formula is C14H19N3O2. The zero-order chi connectivity index (χ0) is 13.4. The maximum Gasteiger partial charge on any atom is 0.235 e. The topological polar surface area (TPSA) is 59.2 Å². The van der Waals surface area contributed by atoms with Gasteiger partial charge in [-0.25, -0.2) is 0 Å². The van der Waals surface area contributed by atoms with Crippen LogP contribution in [-0.4, -0.2) is 28.1 Å². The first-order valence-electron chi connectivity index (χ1n) is 6.92. The van der Waals surface area contributed by atoms with Crippen molar-refractivity contribution in [1.29, 1.82) is 0 Å². The minimum absolute atomic E-state index is 0.147. The molecule has 0 N–H and O–H groups in total. The minimum Gasteiger partial charge on any atom is -0.423 e. The van der Waals surface area contributed by atoms with E-state index in [1.807, 2.05) is 14.0 Å². The van der Waals surface area contributed by atoms with Gasteiger partial charge < -0.3 is 9.32 Å². The lowest BCUT2D eigenvalue weighted by Gasteiger charge is -2.23. The van der Waals surface area contributed by atoms with Gasteiger partial charge in [0, 0.05) is 19.4 Å². The van der Waals surface area contributed by atoms with Crippen molar-refractivity contribution in [1.82, 2.24) is 15.1 Å². The number of hydrogen-bond donors (Lipinski definition) is 0. The van der Waals surface area contributed by atoms with Gasteiger partial charge >= 0.3 is 0 Å². The first-order chi connectivity index (χ1) is 9.17. The number of amides is 1. The van der Waals surface area contributed by atoms with Crippen molar-refractivity contribution in [3.8, 4) is 0 Å². The molecule has 1 amide bonds. The van der Waals surface area contributed by atoms with Gasteiger partial charge in [0.25, 0.3) is 0 Å². The molecule has 0 radical (unpaired) electrons. The molecule has 0 aromatic carbocycles. The molecule has 5 nitrogen and oxygen atoms in total. The van der Waals surface area contributed by atoms with Crippen LogP contribution < -0.4 is 0 Å². The predicted octanol–water partition coefficient (Wildman–Crippen LogP) is 1.80. The molecule has 102 valence electrons. The molecule has 0 saturated heterocycles. The number of hydrogen-bond acceptors (Lipinski definition) is 4. The lowest BCUT2D eigenvalue weighted by Crippen LogP contribution is -2.34. The fourth-order valence-electron chi connectivity index (χ4n) is 3.12. The normalized spacial score (nSPS) is 28.0. The Hall–Kier alpha value is -1.65. The van der Waals surface area contributed by atoms with E-state index < -0.39 is 0 Å². The molecule has 1 heterocycles. The largest absolute Gasteiger partial charge is 0.423 e. The third kappa shape index (κ3) is 2.29. The van der Waals surface area contributed by atoms with E-state index in [4.69, 9.17) is 4.42 Å². The number of aromatic nitrogens is 2. The fourth-order valence-corrected chi connectivity index (χ4v) is 3.12. The third-order valence-electron chi connectivity index (χ3n) is 4.16. The van der Waals surface area contributed by atoms with Crippen LogP contribution in [0.4, 0.5) is 0 Å². The Morgan fingerprint density at radius 1 is 1.37 bits per heavy atom. The number of fused-ring (bicyclic) bond motifs is 2. The summed E-state index contributed by atoms with van der Waals surface area (Å²) < 4.78 is 5.45. The summed E-state index contributed by atoms with van der Waals surface area (Å²) in [7, 11) is 1.81. The predicted molar refractivity (Wildman–Crippen MR) is 69.0 cm³/mol. The van der Waals surface area contributed by atoms with E-state index in [1.54, 1.807) is 4.90 Å². The second kappa shape index (κ2) is 4.79. The van der Waals surface area contributed by atoms with Crippen molar-refractivity contribution in [2.75, 3.05) is 7.05 Å². The van der Waals surface area contributed by atoms with Gasteiger partial charge in [-0.3, -0.25) is 4.79 Å². The molecule has 2 bridgehead atoms. The second-order valence-electron chi connectivity index (χ2n) is 5.52. The van der Waals surface area contributed by atoms with Crippen molar-refractivity contribution < 1.29 is 9.21 Å². The molecule has 3 atom stereocenters. The Labute approximate surface area is 112 Å². The highest BCUT2D eigenvalue weighted by Crippen LogP contribution is 2.44. The molecule has 1 aromatic rings. The van der Waals surface area contributed by atoms with Gasteiger partial charge in [-0.1, -0.05) is 19.1 Å². The molecule has 0 unspecified atom stereocenters. The summed E-state index contributed by atoms with van der Waals surface area (Å²) >= 11 is 0. The van der Waals surface area contributed by atoms with E-state index >= 15 is 0 Å². The average molecular weight is 261 g/mol. The monoisotopic (exact) mass is 261 g/mol. The maximum atomic E-state index is 12.4. The fraction of sp³-hybridized carbons (Fsp3) is 0.643. The maximum absolute atomic E-state index is 12.4. The SMILES string of the molecule is CCc1nnc(CN(C)C(=O)[C@@H]2C[C@@H]3C=C[C@H]2C3)o1. The Balaban J connectivity index is 1.62. The van der Waals surface area contributed by atoms with Crippen LogP contribution in [0.5, 0.6) is 0 Å². The van der Waals surface area contributed by atoms with Crippen molar-refractivity contribution >= 4 is 5.91 Å². The lowest BCUT2D eigenvalue weighted by molar-refractivity contribution is -0.135. The molecule has 0 spiro atoms. The van der Waals surface area contributed by atoms with Gasteiger partial charge in [0.2, 0.25) is 17.7 Å². The summed E-state index contributed by atoms with van der Waals surface area (Å²) in [6.07, 6.45) is 7.31. The van der Waals surface area contributed by atoms with Crippen LogP contribution >= 0.6 is 0 Å². The summed E-state index contributed by atoms with van der Waals surface area (Å²) in [6.45, 7) is 2.37. The van der Waals surface area contributed by atoms with Gasteiger partial charge in [-0.05, 0) is 24.7 Å². The van der Waals surface area contributed by atoms with Crippen molar-refractivity contribution in [3.05, 3.63) is 23.9 Å². The number of nitrogens with zero attached hydrogens (tertiary/aromatic N) is 3. The second-order valence-corrected chi connectivity index (χ2v) is 5.52. The van der Waals surface area contributed by atoms with Crippen molar-refractivity contribution in [2.45, 2.75) is 32.7 Å². The Morgan fingerprint density at radius 3 is 2.74 bits per heavy atom. The van der Waals surface area contributed by atoms with Crippen LogP contribution in [-0.2, 0) is 17.8 Å². The Morgan fingerprint density at radius 2 is 2.16 bits per heavy atom. The van der Waals surface area contributed by atoms with E-state index in [0.29, 0.717) is 30.2 Å². The minimum atomic E-state index is 0.147. The Kier molecular flexibility index (Phi) is 3.12. The molecule has 1 saturated carbocycles. The highest BCUT2D eigenvalue weighted by molar-refractivity contribution is 5.79. The van der Waals surface area contributed by atoms with Gasteiger partial charge in [-0.2, -0.15) is 0 Å². The van der Waals surface area contributed by atoms with E-state index in [1.165, 1.54) is 0 Å². The zero-order valence-electron chi connectivity index (χ0n) is 11.4. The van der Waals surface area contributed by atoms with Crippen LogP contribution in [0.1, 0.15) is 31.5 Å². The smallest absolute Gasteiger partial charge is 0.235 e. The number of carbonyl (C=O) groups excluding carboxylic acids is 1. The van der Waals surface area contributed by atoms with E-state index in [0.717, 1.165) is 19.3 Å². The summed E-state index contributed by atoms with van der Waals surface area (Å²) in [6, 6.07) is 0. The van der Waals surface area contributed by atoms with Gasteiger partial charge in [-0.15, -0.1) is 10.2 Å². The highest BCUT2D eigenvalue weighted by atomic mass is 16.4. The summed E-state index contributed by atoms with van der Waals surface area (Å²) in [5.41, 5.74) is 0. The number of carbonyl (C=O) groups is 1. The third-order valence-corrected chi connectivity index (χ3v) is 4.16. The van der Waals surface area contributed by atoms with Crippen LogP contribution in [0.25, 0.3) is 0 Å². The first-order valence-corrected chi connectivity index (χ1v) is 6.92. The zero-order valence-corrected chi connectivity index (χ0v) is 11.4. The molecule has 2 aliphatic rings. The van der Waals surface area contributed by atoms with E-state index in [-0.39, 0.29) is 11.8 Å². The molecule has 3 rings (SSSR count). The standard InChI is InChI=1S/C14H19N3O2/c1-3-12-15-16-13(19-12)8-17(2)14(18)11-7-9-4-5-10(11)6-9/h4-5,9-11H,3,6-8H2,1-2H3/t9-,10+,11-/m1/s1. The lowest BCUT2D eigenvalue weighted by atomic mass is 9.92. The van der Waals surface area contributed by atoms with Gasteiger partial charge in [0.05, 0.1) is 6.54 Å². The van der Waals surface area contributed by atoms with Crippen LogP contribution in [0.15, 0.2) is 16.6 Å². The van der Waals surface area contributed by atoms with E-state index in [2.05, 4.69) is 22.3 Å². The molecule has 1 fully saturated rings. The molecular weight excluding hydrogens is 242 g/mol. The summed E-state index contributed by atoms with van der Waals surface area (Å²) in [4.78, 5) is 14.1. The van der Waals surface area contributed by atoms with Gasteiger partial charge in [0.1, 0.15) is 0 Å². The van der Waals surface area contributed by atoms with E-state index in [9.17, 15) is 4.79 Å². The molecule has 1 aromatic heterocycles. The average Bonchev–Trinajstić information content (AvgIpc) is 3.13. The van der Waals surface area contributed by atoms with Crippen LogP contribution in [0, 0.1) is 17.8 Å². The van der Waals surface area contributed by atoms with Crippen LogP contribution in [0.2, 0.25) is 0 Å². The molecule has 19 heavy (non-hydrogen) atoms. The summed E-state index contributed by atoms with van der Waals surface area (Å²) in [5.74, 6) is 2.54. The molecule has 2 aliphatic carbocycles. The quantitative estimate of drug-likeness (QED) is 0.775. The van der Waals surface area contributed by atoms with Crippen molar-refractivity contribution in [3.63, 3.8) is 0 Å². The van der Waals surface area contributed by atoms with Gasteiger partial charge in [0.15, 0.2) is 0 Å². The van der Waals surface area contributed by atoms with Crippen molar-refractivity contribution in [2.24, 2.45) is 17.8 Å². The highest BCUT2D eigenvalue weighted by Gasteiger charge is 2.40. The Bertz CT molecular complexity index is 509. The molecule has 0 aliphatic heterocycles. The first kappa shape index (κ1) is 12.4. The summed E-state index contributed by atoms with van der Waals surface area (Å²) in [5, 5.41) is 7.88. The number of rotatable bonds is 4. The van der Waals surface area contributed by atoms with Crippen LogP contribution in [0.3, 0.4) is 0 Å². The number of aryl methyl sites for hydroxylation is 1. The number of allylic oxidation sites excluding steroid dienone is 2. The molecule has 5 heteroatoms.